The van der Waals surface area contributed by atoms with E-state index >= 15 is 0 Å². The standard InChI is InChI=1S/C15H13N5O/c16-15(21)19-17-10-12-14(11-6-2-1-3-7-11)18-13-8-4-5-9-20(12)13/h1-10H,(H3,16,19,21)/b17-10+. The van der Waals surface area contributed by atoms with E-state index in [0.717, 1.165) is 22.6 Å². The third-order valence-electron chi connectivity index (χ3n) is 2.98. The van der Waals surface area contributed by atoms with Crippen molar-refractivity contribution in [3.05, 3.63) is 60.4 Å². The zero-order chi connectivity index (χ0) is 14.7. The maximum Gasteiger partial charge on any atom is 0.332 e. The molecule has 0 spiro atoms. The molecule has 0 saturated heterocycles. The van der Waals surface area contributed by atoms with Gasteiger partial charge in [0.25, 0.3) is 0 Å². The number of aromatic nitrogens is 2. The molecule has 0 unspecified atom stereocenters. The summed E-state index contributed by atoms with van der Waals surface area (Å²) in [6, 6.07) is 14.8. The molecule has 1 aromatic carbocycles. The van der Waals surface area contributed by atoms with Gasteiger partial charge in [-0.05, 0) is 12.1 Å². The van der Waals surface area contributed by atoms with Gasteiger partial charge >= 0.3 is 6.03 Å². The van der Waals surface area contributed by atoms with Crippen LogP contribution in [-0.2, 0) is 0 Å². The number of primary amides is 1. The van der Waals surface area contributed by atoms with E-state index in [-0.39, 0.29) is 0 Å². The van der Waals surface area contributed by atoms with Gasteiger partial charge in [-0.1, -0.05) is 36.4 Å². The van der Waals surface area contributed by atoms with Crippen molar-refractivity contribution in [1.82, 2.24) is 14.8 Å². The van der Waals surface area contributed by atoms with Gasteiger partial charge in [0.05, 0.1) is 17.6 Å². The number of benzene rings is 1. The lowest BCUT2D eigenvalue weighted by atomic mass is 10.1. The van der Waals surface area contributed by atoms with Crippen molar-refractivity contribution in [3.63, 3.8) is 0 Å². The summed E-state index contributed by atoms with van der Waals surface area (Å²) >= 11 is 0. The highest BCUT2D eigenvalue weighted by atomic mass is 16.2. The number of nitrogens with two attached hydrogens (primary N) is 1. The van der Waals surface area contributed by atoms with Crippen LogP contribution in [-0.4, -0.2) is 21.6 Å². The topological polar surface area (TPSA) is 84.8 Å². The highest BCUT2D eigenvalue weighted by Crippen LogP contribution is 2.22. The number of hydrazone groups is 1. The average molecular weight is 279 g/mol. The fourth-order valence-corrected chi connectivity index (χ4v) is 2.10. The summed E-state index contributed by atoms with van der Waals surface area (Å²) in [6.45, 7) is 0. The molecule has 3 rings (SSSR count). The SMILES string of the molecule is NC(=O)N/N=C/c1c(-c2ccccc2)nc2ccccn12. The van der Waals surface area contributed by atoms with E-state index in [2.05, 4.69) is 15.5 Å². The minimum Gasteiger partial charge on any atom is -0.350 e. The van der Waals surface area contributed by atoms with E-state index in [1.54, 1.807) is 0 Å². The normalized spacial score (nSPS) is 11.0. The Balaban J connectivity index is 2.14. The van der Waals surface area contributed by atoms with Gasteiger partial charge in [0.15, 0.2) is 0 Å². The Bertz CT molecular complexity index is 807. The maximum atomic E-state index is 10.7. The summed E-state index contributed by atoms with van der Waals surface area (Å²) in [5.41, 5.74) is 10.5. The number of pyridine rings is 1. The predicted molar refractivity (Wildman–Crippen MR) is 80.9 cm³/mol. The first kappa shape index (κ1) is 12.9. The Morgan fingerprint density at radius 3 is 2.71 bits per heavy atom. The molecule has 2 aromatic heterocycles. The minimum absolute atomic E-state index is 0.707. The molecule has 0 atom stereocenters. The summed E-state index contributed by atoms with van der Waals surface area (Å²) in [4.78, 5) is 15.3. The van der Waals surface area contributed by atoms with E-state index < -0.39 is 6.03 Å². The van der Waals surface area contributed by atoms with E-state index in [1.165, 1.54) is 6.21 Å². The third kappa shape index (κ3) is 2.59. The molecule has 0 saturated carbocycles. The fourth-order valence-electron chi connectivity index (χ4n) is 2.10. The summed E-state index contributed by atoms with van der Waals surface area (Å²) in [5.74, 6) is 0. The molecule has 2 amide bonds. The van der Waals surface area contributed by atoms with Gasteiger partial charge < -0.3 is 5.73 Å². The molecule has 0 radical (unpaired) electrons. The Hall–Kier alpha value is -3.15. The Kier molecular flexibility index (Phi) is 3.34. The molecule has 0 bridgehead atoms. The number of carbonyl (C=O) groups is 1. The number of fused-ring (bicyclic) bond motifs is 1. The second-order valence-electron chi connectivity index (χ2n) is 4.37. The van der Waals surface area contributed by atoms with Crippen molar-refractivity contribution in [2.24, 2.45) is 10.8 Å². The van der Waals surface area contributed by atoms with Gasteiger partial charge in [-0.2, -0.15) is 5.10 Å². The van der Waals surface area contributed by atoms with Crippen molar-refractivity contribution in [2.75, 3.05) is 0 Å². The summed E-state index contributed by atoms with van der Waals surface area (Å²) in [6.07, 6.45) is 3.42. The third-order valence-corrected chi connectivity index (χ3v) is 2.98. The summed E-state index contributed by atoms with van der Waals surface area (Å²) < 4.78 is 1.90. The predicted octanol–water partition coefficient (Wildman–Crippen LogP) is 2.00. The van der Waals surface area contributed by atoms with Gasteiger partial charge in [-0.25, -0.2) is 15.2 Å². The second kappa shape index (κ2) is 5.46. The highest BCUT2D eigenvalue weighted by Gasteiger charge is 2.11. The molecule has 0 aliphatic carbocycles. The zero-order valence-electron chi connectivity index (χ0n) is 11.1. The van der Waals surface area contributed by atoms with Crippen LogP contribution in [0.25, 0.3) is 16.9 Å². The number of hydrogen-bond acceptors (Lipinski definition) is 3. The number of urea groups is 1. The molecule has 6 nitrogen and oxygen atoms in total. The molecule has 0 aliphatic heterocycles. The molecular weight excluding hydrogens is 266 g/mol. The number of carbonyl (C=O) groups excluding carboxylic acids is 1. The first-order chi connectivity index (χ1) is 10.3. The van der Waals surface area contributed by atoms with E-state index in [1.807, 2.05) is 59.1 Å². The quantitative estimate of drug-likeness (QED) is 0.567. The Labute approximate surface area is 120 Å². The van der Waals surface area contributed by atoms with Crippen LogP contribution in [0.3, 0.4) is 0 Å². The van der Waals surface area contributed by atoms with Gasteiger partial charge in [-0.3, -0.25) is 4.40 Å². The molecular formula is C15H13N5O. The van der Waals surface area contributed by atoms with Crippen LogP contribution in [0.2, 0.25) is 0 Å². The first-order valence-corrected chi connectivity index (χ1v) is 6.37. The molecule has 3 N–H and O–H groups in total. The van der Waals surface area contributed by atoms with E-state index in [0.29, 0.717) is 0 Å². The summed E-state index contributed by atoms with van der Waals surface area (Å²) in [7, 11) is 0. The molecule has 21 heavy (non-hydrogen) atoms. The van der Waals surface area contributed by atoms with Crippen LogP contribution >= 0.6 is 0 Å². The Morgan fingerprint density at radius 1 is 1.19 bits per heavy atom. The monoisotopic (exact) mass is 279 g/mol. The lowest BCUT2D eigenvalue weighted by Gasteiger charge is -2.00. The number of imidazole rings is 1. The fraction of sp³-hybridized carbons (Fsp3) is 0. The maximum absolute atomic E-state index is 10.7. The molecule has 2 heterocycles. The van der Waals surface area contributed by atoms with Gasteiger partial charge in [0.2, 0.25) is 0 Å². The minimum atomic E-state index is -0.707. The van der Waals surface area contributed by atoms with Crippen molar-refractivity contribution in [1.29, 1.82) is 0 Å². The molecule has 104 valence electrons. The van der Waals surface area contributed by atoms with Gasteiger partial charge in [-0.15, -0.1) is 0 Å². The molecule has 0 aliphatic rings. The molecule has 0 fully saturated rings. The van der Waals surface area contributed by atoms with Crippen molar-refractivity contribution < 1.29 is 4.79 Å². The van der Waals surface area contributed by atoms with Crippen LogP contribution in [0.5, 0.6) is 0 Å². The number of rotatable bonds is 3. The van der Waals surface area contributed by atoms with Crippen LogP contribution in [0.15, 0.2) is 59.8 Å². The van der Waals surface area contributed by atoms with Crippen molar-refractivity contribution in [2.45, 2.75) is 0 Å². The van der Waals surface area contributed by atoms with Gasteiger partial charge in [0, 0.05) is 11.8 Å². The summed E-state index contributed by atoms with van der Waals surface area (Å²) in [5, 5.41) is 3.84. The second-order valence-corrected chi connectivity index (χ2v) is 4.37. The van der Waals surface area contributed by atoms with Gasteiger partial charge in [0.1, 0.15) is 5.65 Å². The van der Waals surface area contributed by atoms with Crippen LogP contribution in [0, 0.1) is 0 Å². The highest BCUT2D eigenvalue weighted by molar-refractivity contribution is 5.89. The molecule has 3 aromatic rings. The molecule has 6 heteroatoms. The lowest BCUT2D eigenvalue weighted by molar-refractivity contribution is 0.249. The van der Waals surface area contributed by atoms with Crippen molar-refractivity contribution >= 4 is 17.9 Å². The smallest absolute Gasteiger partial charge is 0.332 e. The van der Waals surface area contributed by atoms with Crippen LogP contribution < -0.4 is 11.2 Å². The lowest BCUT2D eigenvalue weighted by Crippen LogP contribution is -2.24. The number of hydrogen-bond donors (Lipinski definition) is 2. The largest absolute Gasteiger partial charge is 0.350 e. The zero-order valence-corrected chi connectivity index (χ0v) is 11.1. The number of amides is 2. The number of nitrogens with one attached hydrogen (secondary N) is 1. The Morgan fingerprint density at radius 2 is 1.95 bits per heavy atom. The average Bonchev–Trinajstić information content (AvgIpc) is 2.87. The van der Waals surface area contributed by atoms with Crippen LogP contribution in [0.1, 0.15) is 5.69 Å². The van der Waals surface area contributed by atoms with E-state index in [4.69, 9.17) is 5.73 Å². The first-order valence-electron chi connectivity index (χ1n) is 6.37. The van der Waals surface area contributed by atoms with Crippen molar-refractivity contribution in [3.8, 4) is 11.3 Å². The number of nitrogens with zero attached hydrogens (tertiary/aromatic N) is 3. The van der Waals surface area contributed by atoms with E-state index in [9.17, 15) is 4.79 Å². The van der Waals surface area contributed by atoms with Crippen LogP contribution in [0.4, 0.5) is 4.79 Å².